The lowest BCUT2D eigenvalue weighted by Crippen LogP contribution is -2.43. The number of rotatable bonds is 6. The molecule has 2 fully saturated rings. The van der Waals surface area contributed by atoms with Crippen LogP contribution in [0.3, 0.4) is 0 Å². The van der Waals surface area contributed by atoms with Crippen LogP contribution in [0, 0.1) is 11.8 Å². The van der Waals surface area contributed by atoms with E-state index in [1.165, 1.54) is 6.42 Å². The Morgan fingerprint density at radius 3 is 2.53 bits per heavy atom. The van der Waals surface area contributed by atoms with Crippen molar-refractivity contribution in [3.63, 3.8) is 0 Å². The van der Waals surface area contributed by atoms with E-state index in [4.69, 9.17) is 5.11 Å². The summed E-state index contributed by atoms with van der Waals surface area (Å²) in [6, 6.07) is 0.179. The average Bonchev–Trinajstić information content (AvgIpc) is 3.13. The number of hydrogen-bond donors (Lipinski definition) is 2. The Hall–Kier alpha value is -1.26. The van der Waals surface area contributed by atoms with Crippen LogP contribution in [-0.2, 0) is 4.79 Å². The van der Waals surface area contributed by atoms with Gasteiger partial charge in [-0.2, -0.15) is 0 Å². The summed E-state index contributed by atoms with van der Waals surface area (Å²) >= 11 is 0. The number of amides is 2. The molecule has 17 heavy (non-hydrogen) atoms. The first-order chi connectivity index (χ1) is 8.08. The van der Waals surface area contributed by atoms with Crippen LogP contribution >= 0.6 is 0 Å². The van der Waals surface area contributed by atoms with Crippen LogP contribution in [0.1, 0.15) is 32.6 Å². The van der Waals surface area contributed by atoms with Crippen molar-refractivity contribution in [3.05, 3.63) is 0 Å². The summed E-state index contributed by atoms with van der Waals surface area (Å²) in [5, 5.41) is 11.6. The second-order valence-electron chi connectivity index (χ2n) is 5.23. The summed E-state index contributed by atoms with van der Waals surface area (Å²) in [5.74, 6) is 0.502. The van der Waals surface area contributed by atoms with Gasteiger partial charge < -0.3 is 15.3 Å². The topological polar surface area (TPSA) is 69.6 Å². The van der Waals surface area contributed by atoms with E-state index in [0.717, 1.165) is 25.3 Å². The van der Waals surface area contributed by atoms with Crippen LogP contribution in [0.5, 0.6) is 0 Å². The quantitative estimate of drug-likeness (QED) is 0.735. The largest absolute Gasteiger partial charge is 0.481 e. The first-order valence-corrected chi connectivity index (χ1v) is 6.34. The Morgan fingerprint density at radius 1 is 1.41 bits per heavy atom. The highest BCUT2D eigenvalue weighted by molar-refractivity contribution is 5.76. The van der Waals surface area contributed by atoms with Crippen molar-refractivity contribution in [1.82, 2.24) is 10.2 Å². The van der Waals surface area contributed by atoms with Crippen LogP contribution in [0.25, 0.3) is 0 Å². The average molecular weight is 240 g/mol. The molecule has 0 heterocycles. The molecule has 5 nitrogen and oxygen atoms in total. The first-order valence-electron chi connectivity index (χ1n) is 6.34. The standard InChI is InChI=1S/C12H20N2O3/c1-8-6-9(8)7-13-12(17)14(10-2-3-10)5-4-11(15)16/h8-10H,2-7H2,1H3,(H,13,17)(H,15,16). The molecule has 0 aromatic heterocycles. The predicted molar refractivity (Wildman–Crippen MR) is 62.7 cm³/mol. The molecule has 2 N–H and O–H groups in total. The molecule has 2 saturated carbocycles. The maximum Gasteiger partial charge on any atom is 0.317 e. The number of hydrogen-bond acceptors (Lipinski definition) is 2. The molecule has 0 bridgehead atoms. The van der Waals surface area contributed by atoms with Crippen LogP contribution in [0.15, 0.2) is 0 Å². The molecule has 5 heteroatoms. The van der Waals surface area contributed by atoms with Crippen molar-refractivity contribution in [2.75, 3.05) is 13.1 Å². The lowest BCUT2D eigenvalue weighted by molar-refractivity contribution is -0.137. The van der Waals surface area contributed by atoms with Gasteiger partial charge in [0.05, 0.1) is 6.42 Å². The molecule has 2 unspecified atom stereocenters. The van der Waals surface area contributed by atoms with Crippen LogP contribution < -0.4 is 5.32 Å². The summed E-state index contributed by atoms with van der Waals surface area (Å²) in [4.78, 5) is 24.1. The van der Waals surface area contributed by atoms with Crippen LogP contribution in [0.2, 0.25) is 0 Å². The van der Waals surface area contributed by atoms with E-state index in [1.807, 2.05) is 0 Å². The third kappa shape index (κ3) is 3.61. The van der Waals surface area contributed by atoms with E-state index in [-0.39, 0.29) is 18.5 Å². The molecule has 2 amide bonds. The normalized spacial score (nSPS) is 26.4. The lowest BCUT2D eigenvalue weighted by Gasteiger charge is -2.22. The van der Waals surface area contributed by atoms with Crippen molar-refractivity contribution in [1.29, 1.82) is 0 Å². The zero-order valence-electron chi connectivity index (χ0n) is 10.2. The van der Waals surface area contributed by atoms with Gasteiger partial charge in [0.25, 0.3) is 0 Å². The molecule has 2 aliphatic rings. The van der Waals surface area contributed by atoms with E-state index < -0.39 is 5.97 Å². The molecule has 0 radical (unpaired) electrons. The first kappa shape index (κ1) is 12.2. The van der Waals surface area contributed by atoms with Gasteiger partial charge in [-0.05, 0) is 31.1 Å². The Morgan fingerprint density at radius 2 is 2.06 bits per heavy atom. The maximum absolute atomic E-state index is 11.9. The number of nitrogens with zero attached hydrogens (tertiary/aromatic N) is 1. The molecule has 2 aliphatic carbocycles. The molecule has 96 valence electrons. The van der Waals surface area contributed by atoms with Gasteiger partial charge in [-0.1, -0.05) is 6.92 Å². The molecule has 2 atom stereocenters. The highest BCUT2D eigenvalue weighted by Crippen LogP contribution is 2.36. The van der Waals surface area contributed by atoms with E-state index in [0.29, 0.717) is 12.5 Å². The number of carbonyl (C=O) groups excluding carboxylic acids is 1. The minimum absolute atomic E-state index is 0.0315. The van der Waals surface area contributed by atoms with Gasteiger partial charge in [-0.25, -0.2) is 4.79 Å². The molecule has 0 spiro atoms. The monoisotopic (exact) mass is 240 g/mol. The van der Waals surface area contributed by atoms with E-state index in [9.17, 15) is 9.59 Å². The van der Waals surface area contributed by atoms with Gasteiger partial charge in [0.2, 0.25) is 0 Å². The Bertz CT molecular complexity index is 315. The van der Waals surface area contributed by atoms with Crippen molar-refractivity contribution >= 4 is 12.0 Å². The molecule has 0 saturated heterocycles. The van der Waals surface area contributed by atoms with Crippen molar-refractivity contribution in [3.8, 4) is 0 Å². The maximum atomic E-state index is 11.9. The fourth-order valence-corrected chi connectivity index (χ4v) is 2.06. The minimum Gasteiger partial charge on any atom is -0.481 e. The second kappa shape index (κ2) is 4.94. The van der Waals surface area contributed by atoms with Gasteiger partial charge in [-0.3, -0.25) is 4.79 Å². The smallest absolute Gasteiger partial charge is 0.317 e. The number of carbonyl (C=O) groups is 2. The fraction of sp³-hybridized carbons (Fsp3) is 0.833. The number of nitrogens with one attached hydrogen (secondary N) is 1. The van der Waals surface area contributed by atoms with Gasteiger partial charge in [0, 0.05) is 19.1 Å². The van der Waals surface area contributed by atoms with Crippen molar-refractivity contribution in [2.24, 2.45) is 11.8 Å². The number of carboxylic acid groups (broad SMARTS) is 1. The number of aliphatic carboxylic acids is 1. The van der Waals surface area contributed by atoms with Crippen LogP contribution in [-0.4, -0.2) is 41.1 Å². The van der Waals surface area contributed by atoms with E-state index in [2.05, 4.69) is 12.2 Å². The summed E-state index contributed by atoms with van der Waals surface area (Å²) < 4.78 is 0. The minimum atomic E-state index is -0.848. The summed E-state index contributed by atoms with van der Waals surface area (Å²) in [6.07, 6.45) is 3.24. The summed E-state index contributed by atoms with van der Waals surface area (Å²) in [6.45, 7) is 3.24. The molecular formula is C12H20N2O3. The molecular weight excluding hydrogens is 220 g/mol. The summed E-state index contributed by atoms with van der Waals surface area (Å²) in [7, 11) is 0. The molecule has 2 rings (SSSR count). The fourth-order valence-electron chi connectivity index (χ4n) is 2.06. The van der Waals surface area contributed by atoms with Crippen molar-refractivity contribution in [2.45, 2.75) is 38.6 Å². The van der Waals surface area contributed by atoms with Gasteiger partial charge >= 0.3 is 12.0 Å². The lowest BCUT2D eigenvalue weighted by atomic mass is 10.3. The Labute approximate surface area is 101 Å². The Kier molecular flexibility index (Phi) is 3.54. The molecule has 0 aliphatic heterocycles. The van der Waals surface area contributed by atoms with E-state index in [1.54, 1.807) is 4.90 Å². The van der Waals surface area contributed by atoms with Gasteiger partial charge in [0.15, 0.2) is 0 Å². The highest BCUT2D eigenvalue weighted by atomic mass is 16.4. The van der Waals surface area contributed by atoms with Gasteiger partial charge in [0.1, 0.15) is 0 Å². The zero-order chi connectivity index (χ0) is 12.4. The molecule has 0 aromatic rings. The third-order valence-electron chi connectivity index (χ3n) is 3.61. The molecule has 0 aromatic carbocycles. The third-order valence-corrected chi connectivity index (χ3v) is 3.61. The van der Waals surface area contributed by atoms with E-state index >= 15 is 0 Å². The summed E-state index contributed by atoms with van der Waals surface area (Å²) in [5.41, 5.74) is 0. The van der Waals surface area contributed by atoms with Crippen LogP contribution in [0.4, 0.5) is 4.79 Å². The number of carboxylic acids is 1. The highest BCUT2D eigenvalue weighted by Gasteiger charge is 2.35. The number of urea groups is 1. The second-order valence-corrected chi connectivity index (χ2v) is 5.23. The Balaban J connectivity index is 1.74. The van der Waals surface area contributed by atoms with Crippen molar-refractivity contribution < 1.29 is 14.7 Å². The SMILES string of the molecule is CC1CC1CNC(=O)N(CCC(=O)O)C1CC1. The predicted octanol–water partition coefficient (Wildman–Crippen LogP) is 1.29. The zero-order valence-corrected chi connectivity index (χ0v) is 10.2. The van der Waals surface area contributed by atoms with Gasteiger partial charge in [-0.15, -0.1) is 0 Å².